The van der Waals surface area contributed by atoms with Gasteiger partial charge in [0.1, 0.15) is 0 Å². The fraction of sp³-hybridized carbons (Fsp3) is 0.550. The minimum Gasteiger partial charge on any atom is -0.353 e. The number of carbonyl (C=O) groups excluding carboxylic acids is 2. The molecule has 0 radical (unpaired) electrons. The van der Waals surface area contributed by atoms with Gasteiger partial charge in [0.2, 0.25) is 5.91 Å². The molecule has 1 aromatic rings. The Balaban J connectivity index is 1.56. The maximum atomic E-state index is 12.5. The largest absolute Gasteiger partial charge is 0.353 e. The number of aliphatic imine (C=N–C) groups is 1. The van der Waals surface area contributed by atoms with Crippen LogP contribution in [-0.4, -0.2) is 67.3 Å². The molecule has 3 rings (SSSR count). The van der Waals surface area contributed by atoms with E-state index in [0.29, 0.717) is 30.6 Å². The van der Waals surface area contributed by atoms with Crippen LogP contribution in [0.25, 0.3) is 0 Å². The summed E-state index contributed by atoms with van der Waals surface area (Å²) in [5.41, 5.74) is 2.02. The lowest BCUT2D eigenvalue weighted by atomic mass is 9.93. The van der Waals surface area contributed by atoms with E-state index in [1.807, 2.05) is 31.3 Å². The van der Waals surface area contributed by atoms with Crippen LogP contribution < -0.4 is 10.6 Å². The van der Waals surface area contributed by atoms with Crippen LogP contribution in [0.2, 0.25) is 0 Å². The first kappa shape index (κ1) is 19.2. The van der Waals surface area contributed by atoms with Crippen molar-refractivity contribution >= 4 is 17.8 Å². The summed E-state index contributed by atoms with van der Waals surface area (Å²) in [4.78, 5) is 32.2. The number of nitrogens with zero attached hydrogens (tertiary/aromatic N) is 3. The molecule has 0 aliphatic carbocycles. The number of hydrogen-bond acceptors (Lipinski definition) is 3. The van der Waals surface area contributed by atoms with Crippen molar-refractivity contribution in [1.29, 1.82) is 0 Å². The monoisotopic (exact) mass is 371 g/mol. The molecule has 2 heterocycles. The zero-order chi connectivity index (χ0) is 19.4. The molecule has 27 heavy (non-hydrogen) atoms. The number of hydrogen-bond donors (Lipinski definition) is 2. The Morgan fingerprint density at radius 2 is 1.96 bits per heavy atom. The van der Waals surface area contributed by atoms with Crippen LogP contribution in [0.3, 0.4) is 0 Å². The zero-order valence-electron chi connectivity index (χ0n) is 16.4. The van der Waals surface area contributed by atoms with E-state index in [9.17, 15) is 9.59 Å². The topological polar surface area (TPSA) is 77.0 Å². The second-order valence-corrected chi connectivity index (χ2v) is 8.01. The van der Waals surface area contributed by atoms with Gasteiger partial charge in [-0.1, -0.05) is 26.0 Å². The molecular weight excluding hydrogens is 342 g/mol. The normalized spacial score (nSPS) is 19.8. The summed E-state index contributed by atoms with van der Waals surface area (Å²) in [6.07, 6.45) is 1.17. The lowest BCUT2D eigenvalue weighted by Crippen LogP contribution is -2.49. The molecule has 2 aliphatic rings. The first-order valence-electron chi connectivity index (χ1n) is 9.48. The van der Waals surface area contributed by atoms with Crippen LogP contribution in [0.1, 0.15) is 36.2 Å². The predicted molar refractivity (Wildman–Crippen MR) is 106 cm³/mol. The second kappa shape index (κ2) is 7.98. The summed E-state index contributed by atoms with van der Waals surface area (Å²) < 4.78 is 0. The highest BCUT2D eigenvalue weighted by Gasteiger charge is 2.30. The molecule has 7 nitrogen and oxygen atoms in total. The standard InChI is InChI=1S/C20H29N5O2/c1-20(2)8-10-25(14-20)19(21-3)23-12-15-4-6-16(7-5-15)18(27)24-11-9-22-17(26)13-24/h4-7H,8-14H2,1-3H3,(H,21,23)(H,22,26). The molecule has 0 aromatic heterocycles. The van der Waals surface area contributed by atoms with Gasteiger partial charge in [-0.05, 0) is 29.5 Å². The van der Waals surface area contributed by atoms with Crippen LogP contribution >= 0.6 is 0 Å². The minimum absolute atomic E-state index is 0.0977. The zero-order valence-corrected chi connectivity index (χ0v) is 16.4. The van der Waals surface area contributed by atoms with Crippen LogP contribution in [0.15, 0.2) is 29.3 Å². The van der Waals surface area contributed by atoms with Crippen molar-refractivity contribution in [3.05, 3.63) is 35.4 Å². The molecule has 2 N–H and O–H groups in total. The molecule has 2 amide bonds. The Morgan fingerprint density at radius 1 is 1.22 bits per heavy atom. The maximum absolute atomic E-state index is 12.5. The van der Waals surface area contributed by atoms with E-state index in [0.717, 1.165) is 24.6 Å². The Hall–Kier alpha value is -2.57. The van der Waals surface area contributed by atoms with Gasteiger partial charge < -0.3 is 20.4 Å². The van der Waals surface area contributed by atoms with Gasteiger partial charge in [0.15, 0.2) is 5.96 Å². The molecule has 0 unspecified atom stereocenters. The van der Waals surface area contributed by atoms with E-state index in [-0.39, 0.29) is 18.4 Å². The van der Waals surface area contributed by atoms with Gasteiger partial charge in [0, 0.05) is 45.3 Å². The Bertz CT molecular complexity index is 726. The number of nitrogens with one attached hydrogen (secondary N) is 2. The van der Waals surface area contributed by atoms with Gasteiger partial charge >= 0.3 is 0 Å². The molecule has 146 valence electrons. The molecule has 0 saturated carbocycles. The molecule has 2 saturated heterocycles. The molecule has 2 fully saturated rings. The third-order valence-electron chi connectivity index (χ3n) is 5.17. The first-order chi connectivity index (χ1) is 12.9. The molecule has 0 atom stereocenters. The predicted octanol–water partition coefficient (Wildman–Crippen LogP) is 1.07. The summed E-state index contributed by atoms with van der Waals surface area (Å²) >= 11 is 0. The highest BCUT2D eigenvalue weighted by molar-refractivity contribution is 5.97. The van der Waals surface area contributed by atoms with Gasteiger partial charge in [-0.2, -0.15) is 0 Å². The lowest BCUT2D eigenvalue weighted by Gasteiger charge is -2.26. The Morgan fingerprint density at radius 3 is 2.56 bits per heavy atom. The van der Waals surface area contributed by atoms with Gasteiger partial charge in [0.05, 0.1) is 6.54 Å². The molecule has 0 spiro atoms. The van der Waals surface area contributed by atoms with Crippen LogP contribution in [0, 0.1) is 5.41 Å². The molecule has 0 bridgehead atoms. The third-order valence-corrected chi connectivity index (χ3v) is 5.17. The fourth-order valence-corrected chi connectivity index (χ4v) is 3.57. The second-order valence-electron chi connectivity index (χ2n) is 8.01. The van der Waals surface area contributed by atoms with Crippen molar-refractivity contribution in [3.63, 3.8) is 0 Å². The number of likely N-dealkylation sites (tertiary alicyclic amines) is 1. The summed E-state index contributed by atoms with van der Waals surface area (Å²) in [5, 5.41) is 6.14. The summed E-state index contributed by atoms with van der Waals surface area (Å²) in [5.74, 6) is 0.714. The van der Waals surface area contributed by atoms with Gasteiger partial charge in [-0.3, -0.25) is 14.6 Å². The SMILES string of the molecule is CN=C(NCc1ccc(C(=O)N2CCNC(=O)C2)cc1)N1CCC(C)(C)C1. The van der Waals surface area contributed by atoms with Crippen molar-refractivity contribution in [2.45, 2.75) is 26.8 Å². The smallest absolute Gasteiger partial charge is 0.254 e. The fourth-order valence-electron chi connectivity index (χ4n) is 3.57. The van der Waals surface area contributed by atoms with Crippen LogP contribution in [0.4, 0.5) is 0 Å². The van der Waals surface area contributed by atoms with Crippen LogP contribution in [0.5, 0.6) is 0 Å². The number of carbonyl (C=O) groups is 2. The highest BCUT2D eigenvalue weighted by Crippen LogP contribution is 2.28. The average Bonchev–Trinajstić information content (AvgIpc) is 3.02. The quantitative estimate of drug-likeness (QED) is 0.615. The molecule has 2 aliphatic heterocycles. The van der Waals surface area contributed by atoms with E-state index >= 15 is 0 Å². The number of amides is 2. The number of rotatable bonds is 3. The summed E-state index contributed by atoms with van der Waals surface area (Å²) in [7, 11) is 1.81. The summed E-state index contributed by atoms with van der Waals surface area (Å²) in [6.45, 7) is 8.43. The lowest BCUT2D eigenvalue weighted by molar-refractivity contribution is -0.123. The van der Waals surface area contributed by atoms with Crippen molar-refractivity contribution in [3.8, 4) is 0 Å². The van der Waals surface area contributed by atoms with Gasteiger partial charge in [0.25, 0.3) is 5.91 Å². The number of benzene rings is 1. The maximum Gasteiger partial charge on any atom is 0.254 e. The number of guanidine groups is 1. The summed E-state index contributed by atoms with van der Waals surface area (Å²) in [6, 6.07) is 7.55. The third kappa shape index (κ3) is 4.78. The van der Waals surface area contributed by atoms with Gasteiger partial charge in [-0.25, -0.2) is 0 Å². The van der Waals surface area contributed by atoms with E-state index < -0.39 is 0 Å². The highest BCUT2D eigenvalue weighted by atomic mass is 16.2. The van der Waals surface area contributed by atoms with Crippen molar-refractivity contribution < 1.29 is 9.59 Å². The Labute approximate surface area is 160 Å². The first-order valence-corrected chi connectivity index (χ1v) is 9.48. The Kier molecular flexibility index (Phi) is 5.68. The van der Waals surface area contributed by atoms with E-state index in [4.69, 9.17) is 0 Å². The van der Waals surface area contributed by atoms with E-state index in [2.05, 4.69) is 34.4 Å². The van der Waals surface area contributed by atoms with Crippen molar-refractivity contribution in [2.75, 3.05) is 39.8 Å². The van der Waals surface area contributed by atoms with Gasteiger partial charge in [-0.15, -0.1) is 0 Å². The number of piperazine rings is 1. The molecule has 7 heteroatoms. The van der Waals surface area contributed by atoms with Crippen molar-refractivity contribution in [1.82, 2.24) is 20.4 Å². The minimum atomic E-state index is -0.105. The van der Waals surface area contributed by atoms with E-state index in [1.165, 1.54) is 6.42 Å². The van der Waals surface area contributed by atoms with E-state index in [1.54, 1.807) is 4.90 Å². The van der Waals surface area contributed by atoms with Crippen molar-refractivity contribution in [2.24, 2.45) is 10.4 Å². The molecular formula is C20H29N5O2. The van der Waals surface area contributed by atoms with Crippen LogP contribution in [-0.2, 0) is 11.3 Å². The average molecular weight is 371 g/mol. The molecule has 1 aromatic carbocycles.